The van der Waals surface area contributed by atoms with Gasteiger partial charge in [-0.1, -0.05) is 0 Å². The van der Waals surface area contributed by atoms with E-state index in [2.05, 4.69) is 5.32 Å². The zero-order valence-electron chi connectivity index (χ0n) is 10.7. The summed E-state index contributed by atoms with van der Waals surface area (Å²) in [7, 11) is -3.28. The third kappa shape index (κ3) is 2.85. The molecule has 7 heteroatoms. The third-order valence-corrected chi connectivity index (χ3v) is 6.16. The second kappa shape index (κ2) is 5.83. The topological polar surface area (TPSA) is 78.9 Å². The van der Waals surface area contributed by atoms with Crippen LogP contribution in [-0.4, -0.2) is 68.1 Å². The molecule has 2 unspecified atom stereocenters. The molecule has 6 nitrogen and oxygen atoms in total. The van der Waals surface area contributed by atoms with Crippen molar-refractivity contribution in [3.05, 3.63) is 0 Å². The molecule has 2 atom stereocenters. The summed E-state index contributed by atoms with van der Waals surface area (Å²) in [4.78, 5) is 0. The molecule has 106 valence electrons. The van der Waals surface area contributed by atoms with Crippen molar-refractivity contribution in [2.45, 2.75) is 37.2 Å². The number of rotatable bonds is 3. The van der Waals surface area contributed by atoms with Crippen LogP contribution >= 0.6 is 0 Å². The summed E-state index contributed by atoms with van der Waals surface area (Å²) in [5, 5.41) is 12.0. The Hall–Kier alpha value is -0.210. The van der Waals surface area contributed by atoms with Gasteiger partial charge in [0.15, 0.2) is 0 Å². The lowest BCUT2D eigenvalue weighted by atomic mass is 10.2. The lowest BCUT2D eigenvalue weighted by Gasteiger charge is -2.39. The second-order valence-electron chi connectivity index (χ2n) is 5.05. The number of ether oxygens (including phenoxy) is 1. The lowest BCUT2D eigenvalue weighted by Crippen LogP contribution is -2.55. The molecule has 2 heterocycles. The van der Waals surface area contributed by atoms with Gasteiger partial charge in [-0.15, -0.1) is 0 Å². The van der Waals surface area contributed by atoms with Crippen molar-refractivity contribution < 1.29 is 18.3 Å². The molecule has 2 saturated heterocycles. The Labute approximate surface area is 108 Å². The van der Waals surface area contributed by atoms with Gasteiger partial charge in [-0.25, -0.2) is 8.42 Å². The predicted molar refractivity (Wildman–Crippen MR) is 67.8 cm³/mol. The molecule has 2 N–H and O–H groups in total. The van der Waals surface area contributed by atoms with Gasteiger partial charge in [-0.3, -0.25) is 0 Å². The summed E-state index contributed by atoms with van der Waals surface area (Å²) < 4.78 is 32.1. The van der Waals surface area contributed by atoms with Crippen molar-refractivity contribution >= 4 is 10.0 Å². The monoisotopic (exact) mass is 278 g/mol. The highest BCUT2D eigenvalue weighted by molar-refractivity contribution is 7.89. The van der Waals surface area contributed by atoms with E-state index in [9.17, 15) is 8.42 Å². The fourth-order valence-electron chi connectivity index (χ4n) is 2.54. The number of nitrogens with zero attached hydrogens (tertiary/aromatic N) is 1. The SMILES string of the molecule is CC1COC(CO)CN1S(=O)(=O)C1CCNCC1. The molecule has 0 bridgehead atoms. The van der Waals surface area contributed by atoms with E-state index in [1.807, 2.05) is 6.92 Å². The molecule has 2 fully saturated rings. The van der Waals surface area contributed by atoms with E-state index in [0.717, 1.165) is 13.1 Å². The standard InChI is InChI=1S/C11H22N2O4S/c1-9-8-17-10(7-14)6-13(9)18(15,16)11-2-4-12-5-3-11/h9-12,14H,2-8H2,1H3. The van der Waals surface area contributed by atoms with Crippen molar-refractivity contribution in [1.82, 2.24) is 9.62 Å². The first kappa shape index (κ1) is 14.2. The van der Waals surface area contributed by atoms with Gasteiger partial charge in [-0.05, 0) is 32.9 Å². The first-order valence-electron chi connectivity index (χ1n) is 6.49. The van der Waals surface area contributed by atoms with Gasteiger partial charge in [-0.2, -0.15) is 4.31 Å². The Kier molecular flexibility index (Phi) is 4.60. The Balaban J connectivity index is 2.11. The quantitative estimate of drug-likeness (QED) is 0.703. The van der Waals surface area contributed by atoms with E-state index in [1.54, 1.807) is 0 Å². The van der Waals surface area contributed by atoms with Crippen LogP contribution in [0.3, 0.4) is 0 Å². The van der Waals surface area contributed by atoms with Crippen LogP contribution in [-0.2, 0) is 14.8 Å². The summed E-state index contributed by atoms with van der Waals surface area (Å²) in [5.74, 6) is 0. The number of sulfonamides is 1. The van der Waals surface area contributed by atoms with Crippen molar-refractivity contribution in [2.24, 2.45) is 0 Å². The maximum absolute atomic E-state index is 12.6. The highest BCUT2D eigenvalue weighted by Crippen LogP contribution is 2.23. The number of piperidine rings is 1. The minimum atomic E-state index is -3.28. The van der Waals surface area contributed by atoms with E-state index >= 15 is 0 Å². The van der Waals surface area contributed by atoms with Crippen LogP contribution in [0.25, 0.3) is 0 Å². The molecule has 2 rings (SSSR count). The smallest absolute Gasteiger partial charge is 0.217 e. The Bertz CT molecular complexity index is 367. The predicted octanol–water partition coefficient (Wildman–Crippen LogP) is -0.850. The molecular weight excluding hydrogens is 256 g/mol. The number of aliphatic hydroxyl groups excluding tert-OH is 1. The molecule has 0 aliphatic carbocycles. The zero-order valence-corrected chi connectivity index (χ0v) is 11.5. The summed E-state index contributed by atoms with van der Waals surface area (Å²) in [5.41, 5.74) is 0. The minimum Gasteiger partial charge on any atom is -0.394 e. The first-order chi connectivity index (χ1) is 8.55. The third-order valence-electron chi connectivity index (χ3n) is 3.69. The fourth-order valence-corrected chi connectivity index (χ4v) is 4.69. The molecule has 0 saturated carbocycles. The Morgan fingerprint density at radius 3 is 2.67 bits per heavy atom. The van der Waals surface area contributed by atoms with Crippen molar-refractivity contribution in [3.8, 4) is 0 Å². The molecule has 0 aromatic rings. The van der Waals surface area contributed by atoms with E-state index < -0.39 is 16.1 Å². The minimum absolute atomic E-state index is 0.134. The van der Waals surface area contributed by atoms with E-state index in [-0.39, 0.29) is 24.4 Å². The normalized spacial score (nSPS) is 32.6. The van der Waals surface area contributed by atoms with Gasteiger partial charge in [0.25, 0.3) is 0 Å². The van der Waals surface area contributed by atoms with Crippen LogP contribution in [0.4, 0.5) is 0 Å². The van der Waals surface area contributed by atoms with Crippen LogP contribution in [0.5, 0.6) is 0 Å². The maximum atomic E-state index is 12.6. The largest absolute Gasteiger partial charge is 0.394 e. The molecule has 0 spiro atoms. The van der Waals surface area contributed by atoms with E-state index in [1.165, 1.54) is 4.31 Å². The molecular formula is C11H22N2O4S. The van der Waals surface area contributed by atoms with E-state index in [0.29, 0.717) is 19.4 Å². The summed E-state index contributed by atoms with van der Waals surface area (Å²) in [6.45, 7) is 3.86. The number of aliphatic hydroxyl groups is 1. The van der Waals surface area contributed by atoms with Gasteiger partial charge >= 0.3 is 0 Å². The van der Waals surface area contributed by atoms with Crippen LogP contribution in [0, 0.1) is 0 Å². The van der Waals surface area contributed by atoms with Gasteiger partial charge in [0.1, 0.15) is 0 Å². The van der Waals surface area contributed by atoms with Crippen molar-refractivity contribution in [2.75, 3.05) is 32.8 Å². The van der Waals surface area contributed by atoms with Crippen LogP contribution in [0.15, 0.2) is 0 Å². The van der Waals surface area contributed by atoms with Crippen molar-refractivity contribution in [3.63, 3.8) is 0 Å². The van der Waals surface area contributed by atoms with Crippen LogP contribution < -0.4 is 5.32 Å². The van der Waals surface area contributed by atoms with Gasteiger partial charge in [0.2, 0.25) is 10.0 Å². The number of hydrogen-bond donors (Lipinski definition) is 2. The Morgan fingerprint density at radius 2 is 2.06 bits per heavy atom. The highest BCUT2D eigenvalue weighted by Gasteiger charge is 2.39. The Morgan fingerprint density at radius 1 is 1.39 bits per heavy atom. The number of hydrogen-bond acceptors (Lipinski definition) is 5. The number of nitrogens with one attached hydrogen (secondary N) is 1. The molecule has 18 heavy (non-hydrogen) atoms. The van der Waals surface area contributed by atoms with Crippen LogP contribution in [0.1, 0.15) is 19.8 Å². The molecule has 0 radical (unpaired) electrons. The summed E-state index contributed by atoms with van der Waals surface area (Å²) >= 11 is 0. The van der Waals surface area contributed by atoms with Gasteiger partial charge in [0, 0.05) is 12.6 Å². The second-order valence-corrected chi connectivity index (χ2v) is 7.22. The van der Waals surface area contributed by atoms with E-state index in [4.69, 9.17) is 9.84 Å². The van der Waals surface area contributed by atoms with Gasteiger partial charge in [0.05, 0.1) is 24.6 Å². The molecule has 0 aromatic heterocycles. The summed E-state index contributed by atoms with van der Waals surface area (Å²) in [6, 6.07) is -0.146. The van der Waals surface area contributed by atoms with Crippen LogP contribution in [0.2, 0.25) is 0 Å². The maximum Gasteiger partial charge on any atom is 0.217 e. The average Bonchev–Trinajstić information content (AvgIpc) is 2.40. The molecule has 0 aromatic carbocycles. The fraction of sp³-hybridized carbons (Fsp3) is 1.00. The zero-order chi connectivity index (χ0) is 13.2. The van der Waals surface area contributed by atoms with Crippen molar-refractivity contribution in [1.29, 1.82) is 0 Å². The molecule has 2 aliphatic heterocycles. The average molecular weight is 278 g/mol. The molecule has 2 aliphatic rings. The number of morpholine rings is 1. The molecule has 0 amide bonds. The highest BCUT2D eigenvalue weighted by atomic mass is 32.2. The lowest BCUT2D eigenvalue weighted by molar-refractivity contribution is -0.0519. The van der Waals surface area contributed by atoms with Gasteiger partial charge < -0.3 is 15.2 Å². The summed E-state index contributed by atoms with van der Waals surface area (Å²) in [6.07, 6.45) is 0.935. The first-order valence-corrected chi connectivity index (χ1v) is 8.00.